The number of nitrogens with one attached hydrogen (secondary N) is 1. The number of rotatable bonds is 1. The van der Waals surface area contributed by atoms with Crippen molar-refractivity contribution in [3.63, 3.8) is 0 Å². The fraction of sp³-hybridized carbons (Fsp3) is 0.875. The maximum Gasteiger partial charge on any atom is 0.187 e. The van der Waals surface area contributed by atoms with Gasteiger partial charge in [0.1, 0.15) is 12.1 Å². The molecule has 0 radical (unpaired) electrons. The molecular formula is C8H12N2O. The summed E-state index contributed by atoms with van der Waals surface area (Å²) in [5.41, 5.74) is 0. The van der Waals surface area contributed by atoms with Crippen LogP contribution < -0.4 is 5.32 Å². The van der Waals surface area contributed by atoms with Crippen molar-refractivity contribution >= 4 is 5.90 Å². The lowest BCUT2D eigenvalue weighted by Gasteiger charge is -2.06. The number of aliphatic imine (C=N–C) groups is 1. The molecule has 0 bridgehead atoms. The van der Waals surface area contributed by atoms with E-state index in [-0.39, 0.29) is 0 Å². The third-order valence-electron chi connectivity index (χ3n) is 2.62. The fourth-order valence-corrected chi connectivity index (χ4v) is 1.77. The summed E-state index contributed by atoms with van der Waals surface area (Å²) >= 11 is 0. The first kappa shape index (κ1) is 6.00. The molecule has 1 aliphatic carbocycles. The zero-order valence-corrected chi connectivity index (χ0v) is 6.42. The number of fused-ring (bicyclic) bond motifs is 1. The summed E-state index contributed by atoms with van der Waals surface area (Å²) in [6.45, 7) is 2.01. The number of hydrogen-bond acceptors (Lipinski definition) is 3. The Morgan fingerprint density at radius 1 is 1.36 bits per heavy atom. The molecule has 2 fully saturated rings. The van der Waals surface area contributed by atoms with Gasteiger partial charge in [0.25, 0.3) is 0 Å². The molecule has 0 aromatic carbocycles. The van der Waals surface area contributed by atoms with Crippen molar-refractivity contribution < 1.29 is 4.74 Å². The van der Waals surface area contributed by atoms with Gasteiger partial charge in [0.15, 0.2) is 5.90 Å². The smallest absolute Gasteiger partial charge is 0.187 e. The van der Waals surface area contributed by atoms with Crippen LogP contribution >= 0.6 is 0 Å². The minimum atomic E-state index is 0.366. The molecule has 60 valence electrons. The second-order valence-corrected chi connectivity index (χ2v) is 3.62. The average Bonchev–Trinajstić information content (AvgIpc) is 2.60. The second-order valence-electron chi connectivity index (χ2n) is 3.62. The van der Waals surface area contributed by atoms with Gasteiger partial charge in [-0.25, -0.2) is 4.99 Å². The van der Waals surface area contributed by atoms with Crippen molar-refractivity contribution in [3.8, 4) is 0 Å². The van der Waals surface area contributed by atoms with Crippen molar-refractivity contribution in [1.82, 2.24) is 5.32 Å². The van der Waals surface area contributed by atoms with Crippen molar-refractivity contribution in [3.05, 3.63) is 0 Å². The van der Waals surface area contributed by atoms with E-state index in [1.165, 1.54) is 12.8 Å². The molecule has 11 heavy (non-hydrogen) atoms. The highest BCUT2D eigenvalue weighted by atomic mass is 16.5. The van der Waals surface area contributed by atoms with E-state index in [2.05, 4.69) is 10.3 Å². The molecule has 3 nitrogen and oxygen atoms in total. The van der Waals surface area contributed by atoms with Gasteiger partial charge < -0.3 is 10.1 Å². The summed E-state index contributed by atoms with van der Waals surface area (Å²) in [4.78, 5) is 4.54. The minimum Gasteiger partial charge on any atom is -0.474 e. The lowest BCUT2D eigenvalue weighted by molar-refractivity contribution is 0.217. The predicted octanol–water partition coefficient (Wildman–Crippen LogP) is 0.166. The highest BCUT2D eigenvalue weighted by molar-refractivity contribution is 5.82. The number of nitrogens with zero attached hydrogens (tertiary/aromatic N) is 1. The Labute approximate surface area is 65.8 Å². The van der Waals surface area contributed by atoms with Gasteiger partial charge >= 0.3 is 0 Å². The van der Waals surface area contributed by atoms with Gasteiger partial charge in [-0.05, 0) is 12.8 Å². The molecule has 2 unspecified atom stereocenters. The van der Waals surface area contributed by atoms with Gasteiger partial charge in [-0.1, -0.05) is 0 Å². The van der Waals surface area contributed by atoms with Gasteiger partial charge in [0.2, 0.25) is 0 Å². The van der Waals surface area contributed by atoms with Crippen LogP contribution in [0.3, 0.4) is 0 Å². The standard InChI is InChI=1S/C8H12N2O/c1-2-5(1)8-10-6-3-9-4-7(6)11-8/h5-7,9H,1-4H2. The lowest BCUT2D eigenvalue weighted by Crippen LogP contribution is -2.20. The fourth-order valence-electron chi connectivity index (χ4n) is 1.77. The van der Waals surface area contributed by atoms with Crippen LogP contribution in [-0.2, 0) is 4.74 Å². The van der Waals surface area contributed by atoms with Crippen LogP contribution in [0.1, 0.15) is 12.8 Å². The topological polar surface area (TPSA) is 33.6 Å². The molecule has 2 heterocycles. The van der Waals surface area contributed by atoms with Gasteiger partial charge in [-0.2, -0.15) is 0 Å². The molecular weight excluding hydrogens is 140 g/mol. The molecule has 3 rings (SSSR count). The van der Waals surface area contributed by atoms with Crippen LogP contribution in [0.15, 0.2) is 4.99 Å². The summed E-state index contributed by atoms with van der Waals surface area (Å²) in [6, 6.07) is 0.436. The second kappa shape index (κ2) is 1.97. The van der Waals surface area contributed by atoms with Crippen molar-refractivity contribution in [2.75, 3.05) is 13.1 Å². The van der Waals surface area contributed by atoms with Gasteiger partial charge in [0.05, 0.1) is 0 Å². The van der Waals surface area contributed by atoms with E-state index in [0.29, 0.717) is 18.1 Å². The molecule has 0 aromatic rings. The van der Waals surface area contributed by atoms with Crippen LogP contribution in [-0.4, -0.2) is 31.1 Å². The third kappa shape index (κ3) is 0.872. The van der Waals surface area contributed by atoms with Crippen LogP contribution in [0.2, 0.25) is 0 Å². The Balaban J connectivity index is 1.79. The van der Waals surface area contributed by atoms with E-state index in [1.807, 2.05) is 0 Å². The predicted molar refractivity (Wildman–Crippen MR) is 41.7 cm³/mol. The summed E-state index contributed by atoms with van der Waals surface area (Å²) in [7, 11) is 0. The molecule has 2 atom stereocenters. The maximum absolute atomic E-state index is 5.70. The average molecular weight is 152 g/mol. The highest BCUT2D eigenvalue weighted by Gasteiger charge is 2.40. The Morgan fingerprint density at radius 2 is 2.27 bits per heavy atom. The van der Waals surface area contributed by atoms with Crippen LogP contribution in [0.4, 0.5) is 0 Å². The molecule has 2 aliphatic heterocycles. The number of hydrogen-bond donors (Lipinski definition) is 1. The molecule has 3 aliphatic rings. The van der Waals surface area contributed by atoms with E-state index < -0.39 is 0 Å². The van der Waals surface area contributed by atoms with Crippen LogP contribution in [0, 0.1) is 5.92 Å². The quantitative estimate of drug-likeness (QED) is 0.581. The lowest BCUT2D eigenvalue weighted by atomic mass is 10.2. The first-order valence-electron chi connectivity index (χ1n) is 4.38. The maximum atomic E-state index is 5.70. The largest absolute Gasteiger partial charge is 0.474 e. The molecule has 1 N–H and O–H groups in total. The Bertz CT molecular complexity index is 210. The van der Waals surface area contributed by atoms with Crippen molar-refractivity contribution in [1.29, 1.82) is 0 Å². The molecule has 0 spiro atoms. The van der Waals surface area contributed by atoms with Gasteiger partial charge in [-0.15, -0.1) is 0 Å². The Morgan fingerprint density at radius 3 is 3.00 bits per heavy atom. The van der Waals surface area contributed by atoms with Crippen LogP contribution in [0.25, 0.3) is 0 Å². The molecule has 0 amide bonds. The van der Waals surface area contributed by atoms with E-state index >= 15 is 0 Å². The zero-order chi connectivity index (χ0) is 7.26. The van der Waals surface area contributed by atoms with Gasteiger partial charge in [-0.3, -0.25) is 0 Å². The Hall–Kier alpha value is -0.570. The first-order chi connectivity index (χ1) is 5.43. The van der Waals surface area contributed by atoms with E-state index in [4.69, 9.17) is 4.74 Å². The van der Waals surface area contributed by atoms with E-state index in [1.54, 1.807) is 0 Å². The van der Waals surface area contributed by atoms with E-state index in [0.717, 1.165) is 19.0 Å². The highest BCUT2D eigenvalue weighted by Crippen LogP contribution is 2.35. The molecule has 1 saturated heterocycles. The third-order valence-corrected chi connectivity index (χ3v) is 2.62. The number of ether oxygens (including phenoxy) is 1. The van der Waals surface area contributed by atoms with Crippen LogP contribution in [0.5, 0.6) is 0 Å². The molecule has 3 heteroatoms. The molecule has 0 aromatic heterocycles. The van der Waals surface area contributed by atoms with Crippen molar-refractivity contribution in [2.24, 2.45) is 10.9 Å². The van der Waals surface area contributed by atoms with Gasteiger partial charge in [0, 0.05) is 19.0 Å². The Kier molecular flexibility index (Phi) is 1.08. The van der Waals surface area contributed by atoms with E-state index in [9.17, 15) is 0 Å². The minimum absolute atomic E-state index is 0.366. The first-order valence-corrected chi connectivity index (χ1v) is 4.38. The summed E-state index contributed by atoms with van der Waals surface area (Å²) in [5.74, 6) is 1.75. The van der Waals surface area contributed by atoms with Crippen molar-refractivity contribution in [2.45, 2.75) is 25.0 Å². The SMILES string of the molecule is C1CC1C1=NC2CNCC2O1. The molecule has 1 saturated carbocycles. The normalized spacial score (nSPS) is 41.6. The zero-order valence-electron chi connectivity index (χ0n) is 6.42. The monoisotopic (exact) mass is 152 g/mol. The summed E-state index contributed by atoms with van der Waals surface area (Å²) in [5, 5.41) is 3.27. The summed E-state index contributed by atoms with van der Waals surface area (Å²) in [6.07, 6.45) is 2.96. The summed E-state index contributed by atoms with van der Waals surface area (Å²) < 4.78 is 5.70.